The Morgan fingerprint density at radius 3 is 2.40 bits per heavy atom. The molecule has 90 valence electrons. The van der Waals surface area contributed by atoms with E-state index in [-0.39, 0.29) is 5.97 Å². The minimum absolute atomic E-state index is 0.0910. The normalized spacial score (nSPS) is 11.5. The Morgan fingerprint density at radius 2 is 1.87 bits per heavy atom. The molecule has 0 aliphatic rings. The van der Waals surface area contributed by atoms with Gasteiger partial charge in [-0.1, -0.05) is 48.8 Å². The van der Waals surface area contributed by atoms with Crippen molar-refractivity contribution in [2.45, 2.75) is 51.2 Å². The molecule has 0 aromatic rings. The van der Waals surface area contributed by atoms with Gasteiger partial charge in [0.05, 0.1) is 7.11 Å². The molecule has 0 unspecified atom stereocenters. The Kier molecular flexibility index (Phi) is 8.43. The molecule has 0 bridgehead atoms. The molecule has 2 nitrogen and oxygen atoms in total. The zero-order chi connectivity index (χ0) is 11.7. The monoisotopic (exact) mass is 250 g/mol. The van der Waals surface area contributed by atoms with Crippen LogP contribution in [-0.2, 0) is 9.53 Å². The maximum Gasteiger partial charge on any atom is 0.305 e. The number of methoxy groups -OCH3 is 1. The zero-order valence-corrected chi connectivity index (χ0v) is 11.8. The summed E-state index contributed by atoms with van der Waals surface area (Å²) in [7, 11) is 5.30. The molecule has 0 N–H and O–H groups in total. The summed E-state index contributed by atoms with van der Waals surface area (Å²) in [5.74, 6) is 1.08. The van der Waals surface area contributed by atoms with Crippen molar-refractivity contribution in [3.05, 3.63) is 0 Å². The van der Waals surface area contributed by atoms with Crippen molar-refractivity contribution in [2.24, 2.45) is 0 Å². The van der Waals surface area contributed by atoms with Crippen LogP contribution in [0.1, 0.15) is 46.5 Å². The van der Waals surface area contributed by atoms with Gasteiger partial charge in [0.1, 0.15) is 0 Å². The van der Waals surface area contributed by atoms with Crippen LogP contribution in [0.3, 0.4) is 0 Å². The Bertz CT molecular complexity index is 176. The fourth-order valence-corrected chi connectivity index (χ4v) is 3.35. The van der Waals surface area contributed by atoms with Crippen molar-refractivity contribution < 1.29 is 9.53 Å². The fourth-order valence-electron chi connectivity index (χ4n) is 0.928. The average Bonchev–Trinajstić information content (AvgIpc) is 2.14. The molecule has 0 saturated heterocycles. The lowest BCUT2D eigenvalue weighted by molar-refractivity contribution is -0.140. The molecule has 0 aromatic heterocycles. The van der Waals surface area contributed by atoms with E-state index in [1.165, 1.54) is 19.3 Å². The third-order valence-corrected chi connectivity index (χ3v) is 5.07. The smallest absolute Gasteiger partial charge is 0.305 e. The Labute approximate surface area is 101 Å². The molecule has 0 rings (SSSR count). The Balaban J connectivity index is 3.16. The number of carbonyl (C=O) groups excluding carboxylic acids is 1. The molecule has 0 saturated carbocycles. The topological polar surface area (TPSA) is 26.3 Å². The summed E-state index contributed by atoms with van der Waals surface area (Å²) in [6, 6.07) is 0. The summed E-state index contributed by atoms with van der Waals surface area (Å²) in [5, 5.41) is 0. The number of carbonyl (C=O) groups is 1. The van der Waals surface area contributed by atoms with E-state index in [0.717, 1.165) is 12.8 Å². The van der Waals surface area contributed by atoms with E-state index in [2.05, 4.69) is 25.5 Å². The molecule has 0 aliphatic carbocycles. The van der Waals surface area contributed by atoms with Gasteiger partial charge in [-0.3, -0.25) is 4.79 Å². The fraction of sp³-hybridized carbons (Fsp3) is 0.909. The molecular formula is C11H22O2S2. The maximum absolute atomic E-state index is 10.8. The van der Waals surface area contributed by atoms with Crippen LogP contribution in [0.15, 0.2) is 0 Å². The lowest BCUT2D eigenvalue weighted by Crippen LogP contribution is -2.04. The van der Waals surface area contributed by atoms with E-state index < -0.39 is 0 Å². The van der Waals surface area contributed by atoms with Crippen LogP contribution < -0.4 is 0 Å². The standard InChI is InChI=1S/C11H22O2S2/c1-11(2,3)15-14-9-7-5-6-8-10(12)13-4/h5-9H2,1-4H3. The SMILES string of the molecule is COC(=O)CCCCCSSC(C)(C)C. The first-order valence-corrected chi connectivity index (χ1v) is 7.65. The summed E-state index contributed by atoms with van der Waals surface area (Å²) < 4.78 is 4.92. The predicted octanol–water partition coefficient (Wildman–Crippen LogP) is 3.90. The van der Waals surface area contributed by atoms with Crippen molar-refractivity contribution in [3.63, 3.8) is 0 Å². The van der Waals surface area contributed by atoms with Gasteiger partial charge in [0.2, 0.25) is 0 Å². The Hall–Kier alpha value is 0.170. The molecule has 0 atom stereocenters. The summed E-state index contributed by atoms with van der Waals surface area (Å²) in [6.07, 6.45) is 3.82. The van der Waals surface area contributed by atoms with Gasteiger partial charge < -0.3 is 4.74 Å². The summed E-state index contributed by atoms with van der Waals surface area (Å²) >= 11 is 0. The van der Waals surface area contributed by atoms with Gasteiger partial charge in [-0.2, -0.15) is 0 Å². The number of ether oxygens (including phenoxy) is 1. The number of hydrogen-bond donors (Lipinski definition) is 0. The van der Waals surface area contributed by atoms with Crippen LogP contribution in [0, 0.1) is 0 Å². The maximum atomic E-state index is 10.8. The largest absolute Gasteiger partial charge is 0.469 e. The molecule has 0 spiro atoms. The highest BCUT2D eigenvalue weighted by Gasteiger charge is 2.10. The van der Waals surface area contributed by atoms with Crippen LogP contribution in [0.5, 0.6) is 0 Å². The van der Waals surface area contributed by atoms with Gasteiger partial charge in [-0.05, 0) is 12.8 Å². The number of rotatable bonds is 7. The second-order valence-electron chi connectivity index (χ2n) is 4.40. The van der Waals surface area contributed by atoms with Gasteiger partial charge in [0.25, 0.3) is 0 Å². The first kappa shape index (κ1) is 15.2. The van der Waals surface area contributed by atoms with Gasteiger partial charge in [-0.25, -0.2) is 0 Å². The van der Waals surface area contributed by atoms with Gasteiger partial charge in [-0.15, -0.1) is 0 Å². The van der Waals surface area contributed by atoms with Gasteiger partial charge in [0.15, 0.2) is 0 Å². The third-order valence-electron chi connectivity index (χ3n) is 1.65. The lowest BCUT2D eigenvalue weighted by Gasteiger charge is -2.15. The molecule has 0 aliphatic heterocycles. The van der Waals surface area contributed by atoms with Crippen LogP contribution in [-0.4, -0.2) is 23.6 Å². The van der Waals surface area contributed by atoms with E-state index in [0.29, 0.717) is 11.2 Å². The van der Waals surface area contributed by atoms with Gasteiger partial charge >= 0.3 is 5.97 Å². The molecule has 0 radical (unpaired) electrons. The van der Waals surface area contributed by atoms with Crippen molar-refractivity contribution in [1.82, 2.24) is 0 Å². The predicted molar refractivity (Wildman–Crippen MR) is 70.3 cm³/mol. The van der Waals surface area contributed by atoms with Crippen LogP contribution in [0.4, 0.5) is 0 Å². The Morgan fingerprint density at radius 1 is 1.20 bits per heavy atom. The molecule has 4 heteroatoms. The van der Waals surface area contributed by atoms with E-state index in [1.807, 2.05) is 21.6 Å². The van der Waals surface area contributed by atoms with Crippen molar-refractivity contribution in [1.29, 1.82) is 0 Å². The number of esters is 1. The summed E-state index contributed by atoms with van der Waals surface area (Å²) in [5.41, 5.74) is 0. The minimum atomic E-state index is -0.0910. The second kappa shape index (κ2) is 8.34. The molecule has 0 amide bonds. The second-order valence-corrected chi connectivity index (χ2v) is 7.65. The van der Waals surface area contributed by atoms with E-state index in [1.54, 1.807) is 0 Å². The lowest BCUT2D eigenvalue weighted by atomic mass is 10.2. The quantitative estimate of drug-likeness (QED) is 0.389. The first-order chi connectivity index (χ1) is 6.95. The highest BCUT2D eigenvalue weighted by atomic mass is 33.1. The molecule has 0 aromatic carbocycles. The van der Waals surface area contributed by atoms with Crippen molar-refractivity contribution in [2.75, 3.05) is 12.9 Å². The molecule has 0 heterocycles. The van der Waals surface area contributed by atoms with E-state index in [9.17, 15) is 4.79 Å². The zero-order valence-electron chi connectivity index (χ0n) is 10.2. The highest BCUT2D eigenvalue weighted by Crippen LogP contribution is 2.35. The third kappa shape index (κ3) is 12.1. The molecule has 15 heavy (non-hydrogen) atoms. The number of unbranched alkanes of at least 4 members (excludes halogenated alkanes) is 2. The average molecular weight is 250 g/mol. The van der Waals surface area contributed by atoms with Gasteiger partial charge in [0, 0.05) is 16.9 Å². The first-order valence-electron chi connectivity index (χ1n) is 5.33. The minimum Gasteiger partial charge on any atom is -0.469 e. The number of hydrogen-bond acceptors (Lipinski definition) is 4. The van der Waals surface area contributed by atoms with Crippen LogP contribution >= 0.6 is 21.6 Å². The van der Waals surface area contributed by atoms with E-state index >= 15 is 0 Å². The van der Waals surface area contributed by atoms with Crippen molar-refractivity contribution in [3.8, 4) is 0 Å². The van der Waals surface area contributed by atoms with E-state index in [4.69, 9.17) is 0 Å². The van der Waals surface area contributed by atoms with Crippen LogP contribution in [0.25, 0.3) is 0 Å². The summed E-state index contributed by atoms with van der Waals surface area (Å²) in [4.78, 5) is 10.8. The highest BCUT2D eigenvalue weighted by molar-refractivity contribution is 8.77. The van der Waals surface area contributed by atoms with Crippen LogP contribution in [0.2, 0.25) is 0 Å². The molecule has 0 fully saturated rings. The van der Waals surface area contributed by atoms with Crippen molar-refractivity contribution >= 4 is 27.6 Å². The summed E-state index contributed by atoms with van der Waals surface area (Å²) in [6.45, 7) is 6.67. The molecular weight excluding hydrogens is 228 g/mol.